The normalized spacial score (nSPS) is 11.3. The topological polar surface area (TPSA) is 98.5 Å². The maximum Gasteiger partial charge on any atom is 0.261 e. The van der Waals surface area contributed by atoms with Crippen LogP contribution in [-0.2, 0) is 10.0 Å². The fraction of sp³-hybridized carbons (Fsp3) is 0.188. The van der Waals surface area contributed by atoms with Gasteiger partial charge in [-0.3, -0.25) is 9.52 Å². The zero-order chi connectivity index (χ0) is 17.0. The molecule has 23 heavy (non-hydrogen) atoms. The number of benzene rings is 2. The highest BCUT2D eigenvalue weighted by Crippen LogP contribution is 2.20. The van der Waals surface area contributed by atoms with Gasteiger partial charge in [-0.15, -0.1) is 0 Å². The summed E-state index contributed by atoms with van der Waals surface area (Å²) in [5.41, 5.74) is 5.79. The molecule has 0 fully saturated rings. The van der Waals surface area contributed by atoms with Crippen molar-refractivity contribution >= 4 is 21.6 Å². The Morgan fingerprint density at radius 1 is 1.04 bits per heavy atom. The van der Waals surface area contributed by atoms with E-state index in [-0.39, 0.29) is 11.0 Å². The van der Waals surface area contributed by atoms with Gasteiger partial charge in [0.05, 0.1) is 11.0 Å². The van der Waals surface area contributed by atoms with Crippen molar-refractivity contribution in [1.82, 2.24) is 0 Å². The molecule has 0 aliphatic heterocycles. The molecule has 2 rings (SSSR count). The summed E-state index contributed by atoms with van der Waals surface area (Å²) in [4.78, 5) is 11.1. The predicted octanol–water partition coefficient (Wildman–Crippen LogP) is 2.37. The molecule has 0 heterocycles. The molecule has 0 atom stereocenters. The minimum absolute atomic E-state index is 0.0133. The molecule has 0 saturated carbocycles. The van der Waals surface area contributed by atoms with Gasteiger partial charge in [-0.2, -0.15) is 0 Å². The van der Waals surface area contributed by atoms with Gasteiger partial charge < -0.3 is 10.5 Å². The van der Waals surface area contributed by atoms with Crippen LogP contribution in [0.4, 0.5) is 5.69 Å². The van der Waals surface area contributed by atoms with Crippen LogP contribution in [0.2, 0.25) is 0 Å². The van der Waals surface area contributed by atoms with Gasteiger partial charge in [-0.05, 0) is 62.4 Å². The number of anilines is 1. The third-order valence-corrected chi connectivity index (χ3v) is 4.32. The Balaban J connectivity index is 2.16. The van der Waals surface area contributed by atoms with Crippen LogP contribution in [0.25, 0.3) is 0 Å². The maximum absolute atomic E-state index is 12.3. The van der Waals surface area contributed by atoms with Crippen LogP contribution in [0, 0.1) is 0 Å². The van der Waals surface area contributed by atoms with Crippen LogP contribution in [0.1, 0.15) is 24.2 Å². The molecule has 2 aromatic rings. The van der Waals surface area contributed by atoms with E-state index in [0.717, 1.165) is 0 Å². The fourth-order valence-electron chi connectivity index (χ4n) is 1.89. The molecule has 0 unspecified atom stereocenters. The maximum atomic E-state index is 12.3. The average Bonchev–Trinajstić information content (AvgIpc) is 2.47. The monoisotopic (exact) mass is 334 g/mol. The molecule has 0 aliphatic carbocycles. The smallest absolute Gasteiger partial charge is 0.261 e. The number of carbonyl (C=O) groups is 1. The molecule has 1 amide bonds. The number of sulfonamides is 1. The summed E-state index contributed by atoms with van der Waals surface area (Å²) in [6, 6.07) is 12.0. The second-order valence-corrected chi connectivity index (χ2v) is 6.87. The second-order valence-electron chi connectivity index (χ2n) is 5.19. The first-order valence-corrected chi connectivity index (χ1v) is 8.45. The fourth-order valence-corrected chi connectivity index (χ4v) is 2.94. The molecule has 0 bridgehead atoms. The Bertz CT molecular complexity index is 782. The van der Waals surface area contributed by atoms with Gasteiger partial charge in [0.15, 0.2) is 0 Å². The molecular formula is C16H18N2O4S. The van der Waals surface area contributed by atoms with E-state index in [1.54, 1.807) is 12.1 Å². The van der Waals surface area contributed by atoms with Crippen molar-refractivity contribution in [2.45, 2.75) is 24.8 Å². The van der Waals surface area contributed by atoms with E-state index in [0.29, 0.717) is 17.0 Å². The predicted molar refractivity (Wildman–Crippen MR) is 88.0 cm³/mol. The number of carbonyl (C=O) groups excluding carboxylic acids is 1. The Kier molecular flexibility index (Phi) is 4.90. The molecule has 6 nitrogen and oxygen atoms in total. The number of amides is 1. The second kappa shape index (κ2) is 6.70. The average molecular weight is 334 g/mol. The Hall–Kier alpha value is -2.54. The van der Waals surface area contributed by atoms with Gasteiger partial charge in [0.2, 0.25) is 5.91 Å². The van der Waals surface area contributed by atoms with Crippen LogP contribution in [0.5, 0.6) is 5.75 Å². The summed E-state index contributed by atoms with van der Waals surface area (Å²) in [5, 5.41) is 0. The van der Waals surface area contributed by atoms with E-state index in [1.807, 2.05) is 13.8 Å². The number of primary amides is 1. The third kappa shape index (κ3) is 4.46. The lowest BCUT2D eigenvalue weighted by atomic mass is 10.2. The third-order valence-electron chi connectivity index (χ3n) is 2.93. The van der Waals surface area contributed by atoms with Crippen molar-refractivity contribution in [3.8, 4) is 5.75 Å². The molecule has 0 spiro atoms. The Morgan fingerprint density at radius 2 is 1.61 bits per heavy atom. The van der Waals surface area contributed by atoms with Crippen LogP contribution in [0.15, 0.2) is 53.4 Å². The molecule has 0 aliphatic rings. The number of ether oxygens (including phenoxy) is 1. The quantitative estimate of drug-likeness (QED) is 0.847. The number of rotatable bonds is 6. The SMILES string of the molecule is CC(C)Oc1ccc(S(=O)(=O)Nc2ccc(C(N)=O)cc2)cc1. The summed E-state index contributed by atoms with van der Waals surface area (Å²) >= 11 is 0. The lowest BCUT2D eigenvalue weighted by Gasteiger charge is -2.11. The van der Waals surface area contributed by atoms with Gasteiger partial charge in [0.1, 0.15) is 5.75 Å². The van der Waals surface area contributed by atoms with E-state index in [9.17, 15) is 13.2 Å². The summed E-state index contributed by atoms with van der Waals surface area (Å²) in [6.45, 7) is 3.78. The highest BCUT2D eigenvalue weighted by atomic mass is 32.2. The van der Waals surface area contributed by atoms with Crippen LogP contribution >= 0.6 is 0 Å². The Morgan fingerprint density at radius 3 is 2.09 bits per heavy atom. The van der Waals surface area contributed by atoms with Gasteiger partial charge >= 0.3 is 0 Å². The molecule has 3 N–H and O–H groups in total. The standard InChI is InChI=1S/C16H18N2O4S/c1-11(2)22-14-7-9-15(10-8-14)23(20,21)18-13-5-3-12(4-6-13)16(17)19/h3-11,18H,1-2H3,(H2,17,19). The first-order chi connectivity index (χ1) is 10.8. The molecular weight excluding hydrogens is 316 g/mol. The zero-order valence-corrected chi connectivity index (χ0v) is 13.6. The van der Waals surface area contributed by atoms with Crippen molar-refractivity contribution in [3.05, 3.63) is 54.1 Å². The Labute approximate surface area is 135 Å². The number of nitrogens with two attached hydrogens (primary N) is 1. The van der Waals surface area contributed by atoms with E-state index in [1.165, 1.54) is 36.4 Å². The number of hydrogen-bond acceptors (Lipinski definition) is 4. The van der Waals surface area contributed by atoms with Crippen LogP contribution in [0.3, 0.4) is 0 Å². The summed E-state index contributed by atoms with van der Waals surface area (Å²) in [7, 11) is -3.71. The highest BCUT2D eigenvalue weighted by Gasteiger charge is 2.14. The first kappa shape index (κ1) is 16.8. The first-order valence-electron chi connectivity index (χ1n) is 6.97. The minimum atomic E-state index is -3.71. The molecule has 2 aromatic carbocycles. The highest BCUT2D eigenvalue weighted by molar-refractivity contribution is 7.92. The summed E-state index contributed by atoms with van der Waals surface area (Å²) < 4.78 is 32.5. The lowest BCUT2D eigenvalue weighted by Crippen LogP contribution is -2.14. The number of hydrogen-bond donors (Lipinski definition) is 2. The van der Waals surface area contributed by atoms with Crippen LogP contribution in [-0.4, -0.2) is 20.4 Å². The van der Waals surface area contributed by atoms with Crippen molar-refractivity contribution in [2.24, 2.45) is 5.73 Å². The van der Waals surface area contributed by atoms with Gasteiger partial charge in [0.25, 0.3) is 10.0 Å². The molecule has 122 valence electrons. The molecule has 0 radical (unpaired) electrons. The lowest BCUT2D eigenvalue weighted by molar-refractivity contribution is 0.100. The number of nitrogens with one attached hydrogen (secondary N) is 1. The van der Waals surface area contributed by atoms with E-state index in [2.05, 4.69) is 4.72 Å². The van der Waals surface area contributed by atoms with Crippen LogP contribution < -0.4 is 15.2 Å². The molecule has 0 saturated heterocycles. The largest absolute Gasteiger partial charge is 0.491 e. The van der Waals surface area contributed by atoms with Gasteiger partial charge in [0, 0.05) is 11.3 Å². The van der Waals surface area contributed by atoms with Crippen molar-refractivity contribution in [3.63, 3.8) is 0 Å². The van der Waals surface area contributed by atoms with Gasteiger partial charge in [-0.1, -0.05) is 0 Å². The summed E-state index contributed by atoms with van der Waals surface area (Å²) in [5.74, 6) is 0.0323. The zero-order valence-electron chi connectivity index (χ0n) is 12.8. The summed E-state index contributed by atoms with van der Waals surface area (Å²) in [6.07, 6.45) is 0.0133. The van der Waals surface area contributed by atoms with E-state index in [4.69, 9.17) is 10.5 Å². The van der Waals surface area contributed by atoms with Crippen molar-refractivity contribution in [2.75, 3.05) is 4.72 Å². The van der Waals surface area contributed by atoms with Crippen molar-refractivity contribution in [1.29, 1.82) is 0 Å². The van der Waals surface area contributed by atoms with Crippen molar-refractivity contribution < 1.29 is 17.9 Å². The van der Waals surface area contributed by atoms with E-state index >= 15 is 0 Å². The van der Waals surface area contributed by atoms with Gasteiger partial charge in [-0.25, -0.2) is 8.42 Å². The molecule has 0 aromatic heterocycles. The van der Waals surface area contributed by atoms with E-state index < -0.39 is 15.9 Å². The minimum Gasteiger partial charge on any atom is -0.491 e. The molecule has 7 heteroatoms.